The third-order valence-corrected chi connectivity index (χ3v) is 3.79. The number of hydrogen-bond donors (Lipinski definition) is 3. The molecule has 5 nitrogen and oxygen atoms in total. The number of ether oxygens (including phenoxy) is 1. The lowest BCUT2D eigenvalue weighted by Crippen LogP contribution is -2.24. The van der Waals surface area contributed by atoms with Crippen molar-refractivity contribution in [2.75, 3.05) is 6.61 Å². The maximum absolute atomic E-state index is 9.73. The van der Waals surface area contributed by atoms with E-state index in [-0.39, 0.29) is 12.8 Å². The molecule has 1 aromatic rings. The summed E-state index contributed by atoms with van der Waals surface area (Å²) in [5, 5.41) is 18.8. The molecule has 18 heavy (non-hydrogen) atoms. The van der Waals surface area contributed by atoms with Gasteiger partial charge in [-0.15, -0.1) is 0 Å². The Morgan fingerprint density at radius 2 is 2.28 bits per heavy atom. The fraction of sp³-hybridized carbons (Fsp3) is 0.636. The molecule has 1 aliphatic heterocycles. The largest absolute Gasteiger partial charge is 0.394 e. The first-order valence-corrected chi connectivity index (χ1v) is 6.67. The Labute approximate surface area is 115 Å². The molecule has 1 fully saturated rings. The van der Waals surface area contributed by atoms with Gasteiger partial charge < -0.3 is 19.9 Å². The van der Waals surface area contributed by atoms with Crippen LogP contribution in [0, 0.1) is 9.41 Å². The highest BCUT2D eigenvalue weighted by Crippen LogP contribution is 2.28. The Balaban J connectivity index is 2.35. The van der Waals surface area contributed by atoms with Crippen molar-refractivity contribution in [2.45, 2.75) is 38.2 Å². The second-order valence-corrected chi connectivity index (χ2v) is 5.08. The number of aromatic nitrogens is 2. The predicted molar refractivity (Wildman–Crippen MR) is 71.4 cm³/mol. The molecular weight excluding hydrogens is 272 g/mol. The Kier molecular flexibility index (Phi) is 4.29. The molecular formula is C11H16N2O3S2. The van der Waals surface area contributed by atoms with Crippen LogP contribution in [-0.4, -0.2) is 38.6 Å². The van der Waals surface area contributed by atoms with Crippen LogP contribution in [0.15, 0.2) is 6.20 Å². The molecule has 0 unspecified atom stereocenters. The number of aliphatic hydroxyl groups excluding tert-OH is 2. The van der Waals surface area contributed by atoms with E-state index in [4.69, 9.17) is 34.3 Å². The van der Waals surface area contributed by atoms with E-state index in [1.54, 1.807) is 4.57 Å². The van der Waals surface area contributed by atoms with Crippen molar-refractivity contribution < 1.29 is 14.9 Å². The summed E-state index contributed by atoms with van der Waals surface area (Å²) in [6, 6.07) is 0. The van der Waals surface area contributed by atoms with Gasteiger partial charge in [0.15, 0.2) is 4.77 Å². The summed E-state index contributed by atoms with van der Waals surface area (Å²) in [5.74, 6) is 0. The van der Waals surface area contributed by atoms with Gasteiger partial charge in [0.1, 0.15) is 17.0 Å². The summed E-state index contributed by atoms with van der Waals surface area (Å²) in [6.45, 7) is 1.81. The van der Waals surface area contributed by atoms with Crippen LogP contribution in [0.3, 0.4) is 0 Å². The smallest absolute Gasteiger partial charge is 0.180 e. The van der Waals surface area contributed by atoms with Crippen molar-refractivity contribution in [3.05, 3.63) is 21.2 Å². The van der Waals surface area contributed by atoms with E-state index in [0.717, 1.165) is 12.0 Å². The van der Waals surface area contributed by atoms with Crippen molar-refractivity contribution in [1.82, 2.24) is 9.55 Å². The highest BCUT2D eigenvalue weighted by Gasteiger charge is 2.34. The summed E-state index contributed by atoms with van der Waals surface area (Å²) < 4.78 is 8.43. The number of H-pyrrole nitrogens is 1. The van der Waals surface area contributed by atoms with Crippen LogP contribution in [-0.2, 0) is 11.2 Å². The molecule has 3 atom stereocenters. The number of hydrogen-bond acceptors (Lipinski definition) is 5. The summed E-state index contributed by atoms with van der Waals surface area (Å²) >= 11 is 10.4. The van der Waals surface area contributed by atoms with Gasteiger partial charge in [0, 0.05) is 18.2 Å². The average molecular weight is 288 g/mol. The molecule has 2 heterocycles. The molecule has 3 N–H and O–H groups in total. The molecule has 2 rings (SSSR count). The second kappa shape index (κ2) is 5.58. The summed E-state index contributed by atoms with van der Waals surface area (Å²) in [5.41, 5.74) is 0.976. The van der Waals surface area contributed by atoms with Crippen LogP contribution in [0.25, 0.3) is 0 Å². The number of nitrogens with one attached hydrogen (secondary N) is 1. The zero-order valence-corrected chi connectivity index (χ0v) is 11.6. The van der Waals surface area contributed by atoms with Crippen LogP contribution >= 0.6 is 24.4 Å². The lowest BCUT2D eigenvalue weighted by atomic mass is 10.2. The third-order valence-electron chi connectivity index (χ3n) is 3.12. The molecule has 7 heteroatoms. The van der Waals surface area contributed by atoms with E-state index < -0.39 is 12.2 Å². The minimum Gasteiger partial charge on any atom is -0.394 e. The van der Waals surface area contributed by atoms with Gasteiger partial charge in [-0.3, -0.25) is 4.57 Å². The van der Waals surface area contributed by atoms with Gasteiger partial charge in [-0.05, 0) is 18.6 Å². The Hall–Kier alpha value is -0.600. The van der Waals surface area contributed by atoms with Gasteiger partial charge in [0.25, 0.3) is 0 Å². The van der Waals surface area contributed by atoms with Crippen molar-refractivity contribution >= 4 is 24.4 Å². The fourth-order valence-electron chi connectivity index (χ4n) is 2.04. The monoisotopic (exact) mass is 288 g/mol. The number of aryl methyl sites for hydroxylation is 1. The van der Waals surface area contributed by atoms with Crippen LogP contribution < -0.4 is 0 Å². The minimum absolute atomic E-state index is 0.200. The topological polar surface area (TPSA) is 70.4 Å². The zero-order chi connectivity index (χ0) is 13.3. The van der Waals surface area contributed by atoms with Gasteiger partial charge in [-0.25, -0.2) is 0 Å². The highest BCUT2D eigenvalue weighted by atomic mass is 32.1. The normalized spacial score (nSPS) is 27.6. The van der Waals surface area contributed by atoms with E-state index in [9.17, 15) is 5.11 Å². The lowest BCUT2D eigenvalue weighted by molar-refractivity contribution is -0.0453. The van der Waals surface area contributed by atoms with E-state index >= 15 is 0 Å². The van der Waals surface area contributed by atoms with Crippen LogP contribution in [0.2, 0.25) is 0 Å². The quantitative estimate of drug-likeness (QED) is 0.735. The van der Waals surface area contributed by atoms with E-state index in [2.05, 4.69) is 4.98 Å². The van der Waals surface area contributed by atoms with E-state index in [1.165, 1.54) is 0 Å². The average Bonchev–Trinajstić information content (AvgIpc) is 2.70. The van der Waals surface area contributed by atoms with Crippen molar-refractivity contribution in [3.8, 4) is 0 Å². The van der Waals surface area contributed by atoms with Gasteiger partial charge in [-0.1, -0.05) is 19.1 Å². The van der Waals surface area contributed by atoms with E-state index in [1.807, 2.05) is 13.1 Å². The Morgan fingerprint density at radius 1 is 1.56 bits per heavy atom. The Morgan fingerprint density at radius 3 is 2.83 bits per heavy atom. The fourth-order valence-corrected chi connectivity index (χ4v) is 2.67. The molecule has 1 aromatic heterocycles. The first kappa shape index (κ1) is 13.8. The molecule has 0 saturated carbocycles. The van der Waals surface area contributed by atoms with Crippen LogP contribution in [0.4, 0.5) is 0 Å². The SMILES string of the molecule is CCc1cn([C@@H]2C[C@@H](O)[C@H](CO)O2)c(=S)[nH]c1=S. The number of aromatic amines is 1. The lowest BCUT2D eigenvalue weighted by Gasteiger charge is -2.16. The summed E-state index contributed by atoms with van der Waals surface area (Å²) in [4.78, 5) is 2.95. The molecule has 0 amide bonds. The van der Waals surface area contributed by atoms with Gasteiger partial charge >= 0.3 is 0 Å². The molecule has 1 aliphatic rings. The summed E-state index contributed by atoms with van der Waals surface area (Å²) in [7, 11) is 0. The maximum atomic E-state index is 9.73. The molecule has 0 aliphatic carbocycles. The van der Waals surface area contributed by atoms with Gasteiger partial charge in [0.2, 0.25) is 0 Å². The van der Waals surface area contributed by atoms with Crippen LogP contribution in [0.5, 0.6) is 0 Å². The first-order valence-electron chi connectivity index (χ1n) is 5.85. The molecule has 100 valence electrons. The third kappa shape index (κ3) is 2.55. The number of aliphatic hydroxyl groups is 2. The summed E-state index contributed by atoms with van der Waals surface area (Å²) in [6.07, 6.45) is 1.48. The molecule has 0 bridgehead atoms. The van der Waals surface area contributed by atoms with Crippen LogP contribution in [0.1, 0.15) is 25.1 Å². The molecule has 0 aromatic carbocycles. The van der Waals surface area contributed by atoms with Crippen molar-refractivity contribution in [1.29, 1.82) is 0 Å². The van der Waals surface area contributed by atoms with Crippen molar-refractivity contribution in [2.24, 2.45) is 0 Å². The minimum atomic E-state index is -0.671. The van der Waals surface area contributed by atoms with Gasteiger partial charge in [0.05, 0.1) is 12.7 Å². The zero-order valence-electron chi connectivity index (χ0n) is 10.00. The molecule has 1 saturated heterocycles. The van der Waals surface area contributed by atoms with Crippen molar-refractivity contribution in [3.63, 3.8) is 0 Å². The van der Waals surface area contributed by atoms with Gasteiger partial charge in [-0.2, -0.15) is 0 Å². The molecule has 0 spiro atoms. The first-order chi connectivity index (χ1) is 8.56. The predicted octanol–water partition coefficient (Wildman–Crippen LogP) is 1.48. The second-order valence-electron chi connectivity index (χ2n) is 4.29. The molecule has 0 radical (unpaired) electrons. The highest BCUT2D eigenvalue weighted by molar-refractivity contribution is 7.72. The standard InChI is InChI=1S/C11H16N2O3S2/c1-2-6-4-13(11(18)12-10(6)17)9-3-7(15)8(5-14)16-9/h4,7-9,14-15H,2-3,5H2,1H3,(H,12,17,18)/t7-,8+,9+/m1/s1. The number of nitrogens with zero attached hydrogens (tertiary/aromatic N) is 1. The maximum Gasteiger partial charge on any atom is 0.180 e. The number of rotatable bonds is 3. The Bertz CT molecular complexity index is 540. The van der Waals surface area contributed by atoms with E-state index in [0.29, 0.717) is 15.8 Å².